The van der Waals surface area contributed by atoms with Crippen molar-refractivity contribution in [2.75, 3.05) is 17.7 Å². The zero-order valence-corrected chi connectivity index (χ0v) is 20.5. The van der Waals surface area contributed by atoms with Gasteiger partial charge in [-0.1, -0.05) is 24.6 Å². The van der Waals surface area contributed by atoms with E-state index in [1.54, 1.807) is 11.3 Å². The Labute approximate surface area is 201 Å². The fourth-order valence-electron chi connectivity index (χ4n) is 4.91. The van der Waals surface area contributed by atoms with E-state index in [4.69, 9.17) is 9.72 Å². The molecule has 0 aliphatic heterocycles. The molecule has 33 heavy (non-hydrogen) atoms. The van der Waals surface area contributed by atoms with Crippen LogP contribution in [0.3, 0.4) is 0 Å². The molecule has 0 atom stereocenters. The zero-order valence-electron chi connectivity index (χ0n) is 18.9. The standard InChI is InChI=1S/C25H29N3O3S2/c1-2-31-18-13-11-16(12-14-18)26-21(29)15-32-25-27-23-22(19-9-5-6-10-20(19)33-23)24(30)28(25)17-7-3-4-8-17/h11-14,17H,2-10,15H2,1H3,(H,26,29). The van der Waals surface area contributed by atoms with E-state index in [2.05, 4.69) is 5.32 Å². The number of carbonyl (C=O) groups excluding carboxylic acids is 1. The average molecular weight is 484 g/mol. The molecule has 8 heteroatoms. The van der Waals surface area contributed by atoms with Gasteiger partial charge in [0.2, 0.25) is 5.91 Å². The van der Waals surface area contributed by atoms with Crippen molar-refractivity contribution in [2.45, 2.75) is 69.5 Å². The number of rotatable bonds is 7. The molecule has 0 spiro atoms. The van der Waals surface area contributed by atoms with Crippen LogP contribution in [-0.4, -0.2) is 27.8 Å². The lowest BCUT2D eigenvalue weighted by Crippen LogP contribution is -2.27. The van der Waals surface area contributed by atoms with Crippen LogP contribution in [0.2, 0.25) is 0 Å². The third kappa shape index (κ3) is 4.68. The molecule has 2 heterocycles. The van der Waals surface area contributed by atoms with E-state index in [0.717, 1.165) is 66.6 Å². The van der Waals surface area contributed by atoms with Crippen molar-refractivity contribution in [2.24, 2.45) is 0 Å². The second-order valence-corrected chi connectivity index (χ2v) is 10.7. The van der Waals surface area contributed by atoms with Crippen molar-refractivity contribution >= 4 is 44.9 Å². The number of nitrogens with zero attached hydrogens (tertiary/aromatic N) is 2. The predicted molar refractivity (Wildman–Crippen MR) is 135 cm³/mol. The minimum Gasteiger partial charge on any atom is -0.494 e. The highest BCUT2D eigenvalue weighted by molar-refractivity contribution is 7.99. The van der Waals surface area contributed by atoms with Crippen molar-refractivity contribution in [3.05, 3.63) is 45.1 Å². The van der Waals surface area contributed by atoms with E-state index in [0.29, 0.717) is 11.8 Å². The molecule has 1 amide bonds. The van der Waals surface area contributed by atoms with Gasteiger partial charge >= 0.3 is 0 Å². The van der Waals surface area contributed by atoms with Crippen LogP contribution in [0.5, 0.6) is 5.75 Å². The third-order valence-corrected chi connectivity index (χ3v) is 8.60. The average Bonchev–Trinajstić information content (AvgIpc) is 3.47. The largest absolute Gasteiger partial charge is 0.494 e. The summed E-state index contributed by atoms with van der Waals surface area (Å²) < 4.78 is 7.36. The summed E-state index contributed by atoms with van der Waals surface area (Å²) in [6, 6.07) is 7.55. The summed E-state index contributed by atoms with van der Waals surface area (Å²) in [5, 5.41) is 4.45. The second-order valence-electron chi connectivity index (χ2n) is 8.69. The topological polar surface area (TPSA) is 73.2 Å². The first-order valence-corrected chi connectivity index (χ1v) is 13.7. The summed E-state index contributed by atoms with van der Waals surface area (Å²) in [5.74, 6) is 0.881. The molecule has 0 radical (unpaired) electrons. The smallest absolute Gasteiger partial charge is 0.263 e. The first-order chi connectivity index (χ1) is 16.1. The van der Waals surface area contributed by atoms with Crippen molar-refractivity contribution in [3.63, 3.8) is 0 Å². The quantitative estimate of drug-likeness (QED) is 0.351. The van der Waals surface area contributed by atoms with E-state index in [-0.39, 0.29) is 23.3 Å². The van der Waals surface area contributed by atoms with E-state index >= 15 is 0 Å². The van der Waals surface area contributed by atoms with E-state index < -0.39 is 0 Å². The van der Waals surface area contributed by atoms with Gasteiger partial charge in [-0.3, -0.25) is 14.2 Å². The number of carbonyl (C=O) groups is 1. The van der Waals surface area contributed by atoms with Gasteiger partial charge in [-0.05, 0) is 75.3 Å². The minimum atomic E-state index is -0.109. The highest BCUT2D eigenvalue weighted by Crippen LogP contribution is 2.37. The molecule has 2 aliphatic carbocycles. The molecule has 0 saturated heterocycles. The van der Waals surface area contributed by atoms with Gasteiger partial charge in [0, 0.05) is 16.6 Å². The summed E-state index contributed by atoms with van der Waals surface area (Å²) in [6.07, 6.45) is 8.64. The van der Waals surface area contributed by atoms with E-state index in [9.17, 15) is 9.59 Å². The van der Waals surface area contributed by atoms with Crippen molar-refractivity contribution in [1.82, 2.24) is 9.55 Å². The molecule has 2 aromatic heterocycles. The van der Waals surface area contributed by atoms with Gasteiger partial charge in [0.1, 0.15) is 10.6 Å². The monoisotopic (exact) mass is 483 g/mol. The summed E-state index contributed by atoms with van der Waals surface area (Å²) in [4.78, 5) is 33.5. The number of fused-ring (bicyclic) bond motifs is 3. The van der Waals surface area contributed by atoms with Gasteiger partial charge in [-0.15, -0.1) is 11.3 Å². The molecule has 3 aromatic rings. The lowest BCUT2D eigenvalue weighted by Gasteiger charge is -2.18. The molecule has 0 bridgehead atoms. The van der Waals surface area contributed by atoms with Crippen molar-refractivity contribution in [3.8, 4) is 5.75 Å². The molecule has 6 nitrogen and oxygen atoms in total. The Morgan fingerprint density at radius 3 is 2.70 bits per heavy atom. The highest BCUT2D eigenvalue weighted by Gasteiger charge is 2.27. The Morgan fingerprint density at radius 2 is 1.94 bits per heavy atom. The normalized spacial score (nSPS) is 16.2. The Balaban J connectivity index is 1.39. The number of benzene rings is 1. The summed E-state index contributed by atoms with van der Waals surface area (Å²) in [7, 11) is 0. The molecule has 2 aliphatic rings. The lowest BCUT2D eigenvalue weighted by molar-refractivity contribution is -0.113. The molecule has 1 aromatic carbocycles. The number of amides is 1. The maximum atomic E-state index is 13.7. The predicted octanol–water partition coefficient (Wildman–Crippen LogP) is 5.58. The molecular formula is C25H29N3O3S2. The van der Waals surface area contributed by atoms with Crippen LogP contribution < -0.4 is 15.6 Å². The van der Waals surface area contributed by atoms with Crippen LogP contribution in [-0.2, 0) is 17.6 Å². The number of anilines is 1. The number of aromatic nitrogens is 2. The number of nitrogens with one attached hydrogen (secondary N) is 1. The van der Waals surface area contributed by atoms with Gasteiger partial charge < -0.3 is 10.1 Å². The van der Waals surface area contributed by atoms with Crippen molar-refractivity contribution in [1.29, 1.82) is 0 Å². The fourth-order valence-corrected chi connectivity index (χ4v) is 7.08. The second kappa shape index (κ2) is 9.89. The van der Waals surface area contributed by atoms with Gasteiger partial charge in [-0.2, -0.15) is 0 Å². The van der Waals surface area contributed by atoms with Crippen LogP contribution in [0.15, 0.2) is 34.2 Å². The maximum absolute atomic E-state index is 13.7. The fraction of sp³-hybridized carbons (Fsp3) is 0.480. The highest BCUT2D eigenvalue weighted by atomic mass is 32.2. The minimum absolute atomic E-state index is 0.0979. The Morgan fingerprint density at radius 1 is 1.18 bits per heavy atom. The SMILES string of the molecule is CCOc1ccc(NC(=O)CSc2nc3sc4c(c3c(=O)n2C2CCCC2)CCCC4)cc1. The first-order valence-electron chi connectivity index (χ1n) is 11.9. The summed E-state index contributed by atoms with van der Waals surface area (Å²) >= 11 is 3.04. The molecule has 5 rings (SSSR count). The van der Waals surface area contributed by atoms with Gasteiger partial charge in [0.05, 0.1) is 17.7 Å². The van der Waals surface area contributed by atoms with Crippen LogP contribution in [0.25, 0.3) is 10.2 Å². The summed E-state index contributed by atoms with van der Waals surface area (Å²) in [5.41, 5.74) is 2.06. The van der Waals surface area contributed by atoms with Crippen LogP contribution in [0.4, 0.5) is 5.69 Å². The lowest BCUT2D eigenvalue weighted by atomic mass is 9.97. The Hall–Kier alpha value is -2.32. The van der Waals surface area contributed by atoms with Crippen LogP contribution in [0.1, 0.15) is 61.9 Å². The van der Waals surface area contributed by atoms with Gasteiger partial charge in [0.25, 0.3) is 5.56 Å². The first kappa shape index (κ1) is 22.5. The maximum Gasteiger partial charge on any atom is 0.263 e. The Kier molecular flexibility index (Phi) is 6.74. The molecule has 174 valence electrons. The molecule has 1 N–H and O–H groups in total. The molecule has 1 fully saturated rings. The number of thiophene rings is 1. The van der Waals surface area contributed by atoms with Gasteiger partial charge in [-0.25, -0.2) is 4.98 Å². The number of aryl methyl sites for hydroxylation is 2. The number of hydrogen-bond donors (Lipinski definition) is 1. The molecule has 1 saturated carbocycles. The zero-order chi connectivity index (χ0) is 22.8. The van der Waals surface area contributed by atoms with E-state index in [1.807, 2.05) is 35.8 Å². The van der Waals surface area contributed by atoms with Gasteiger partial charge in [0.15, 0.2) is 5.16 Å². The van der Waals surface area contributed by atoms with Crippen molar-refractivity contribution < 1.29 is 9.53 Å². The molecule has 0 unspecified atom stereocenters. The number of hydrogen-bond acceptors (Lipinski definition) is 6. The third-order valence-electron chi connectivity index (χ3n) is 6.46. The number of thioether (sulfide) groups is 1. The number of ether oxygens (including phenoxy) is 1. The van der Waals surface area contributed by atoms with Crippen LogP contribution >= 0.6 is 23.1 Å². The van der Waals surface area contributed by atoms with Crippen LogP contribution in [0, 0.1) is 0 Å². The molecular weight excluding hydrogens is 454 g/mol. The Bertz CT molecular complexity index is 1210. The van der Waals surface area contributed by atoms with E-state index in [1.165, 1.54) is 28.6 Å². The summed E-state index contributed by atoms with van der Waals surface area (Å²) in [6.45, 7) is 2.55.